The molecule has 3 N–H and O–H groups in total. The average Bonchev–Trinajstić information content (AvgIpc) is 2.29. The van der Waals surface area contributed by atoms with Crippen LogP contribution in [0.25, 0.3) is 0 Å². The van der Waals surface area contributed by atoms with Crippen molar-refractivity contribution in [3.63, 3.8) is 0 Å². The summed E-state index contributed by atoms with van der Waals surface area (Å²) in [5.74, 6) is 0.414. The lowest BCUT2D eigenvalue weighted by atomic mass is 9.89. The van der Waals surface area contributed by atoms with E-state index in [0.717, 1.165) is 31.5 Å². The van der Waals surface area contributed by atoms with E-state index in [1.807, 2.05) is 12.1 Å². The monoisotopic (exact) mass is 204 g/mol. The second-order valence-corrected chi connectivity index (χ2v) is 4.01. The van der Waals surface area contributed by atoms with Gasteiger partial charge in [-0.15, -0.1) is 0 Å². The Bertz CT molecular complexity index is 356. The first kappa shape index (κ1) is 10.2. The van der Waals surface area contributed by atoms with E-state index in [1.54, 1.807) is 12.1 Å². The Morgan fingerprint density at radius 3 is 2.73 bits per heavy atom. The molecular weight excluding hydrogens is 188 g/mol. The first-order chi connectivity index (χ1) is 7.27. The number of hydrogen-bond donors (Lipinski definition) is 2. The fourth-order valence-electron chi connectivity index (χ4n) is 2.01. The quantitative estimate of drug-likeness (QED) is 0.566. The molecule has 1 aliphatic heterocycles. The number of anilines is 1. The molecular formula is C12H16N2O. The summed E-state index contributed by atoms with van der Waals surface area (Å²) in [7, 11) is 0. The molecule has 1 aromatic rings. The number of Topliss-reactive ketones (excluding diaryl/α,β-unsaturated/α-hetero) is 1. The smallest absolute Gasteiger partial charge is 0.166 e. The van der Waals surface area contributed by atoms with Gasteiger partial charge in [0.25, 0.3) is 0 Å². The minimum Gasteiger partial charge on any atom is -0.399 e. The Hall–Kier alpha value is -1.35. The summed E-state index contributed by atoms with van der Waals surface area (Å²) in [5.41, 5.74) is 7.07. The van der Waals surface area contributed by atoms with Crippen molar-refractivity contribution in [2.45, 2.75) is 12.8 Å². The first-order valence-electron chi connectivity index (χ1n) is 5.38. The molecule has 80 valence electrons. The number of nitrogen functional groups attached to an aromatic ring is 1. The van der Waals surface area contributed by atoms with Crippen LogP contribution < -0.4 is 11.1 Å². The van der Waals surface area contributed by atoms with Gasteiger partial charge in [0.2, 0.25) is 0 Å². The average molecular weight is 204 g/mol. The fourth-order valence-corrected chi connectivity index (χ4v) is 2.01. The number of benzene rings is 1. The molecule has 0 spiro atoms. The molecule has 1 saturated heterocycles. The van der Waals surface area contributed by atoms with Crippen LogP contribution in [-0.4, -0.2) is 18.9 Å². The maximum atomic E-state index is 12.1. The highest BCUT2D eigenvalue weighted by Gasteiger charge is 2.21. The lowest BCUT2D eigenvalue weighted by Crippen LogP contribution is -2.31. The molecule has 0 saturated carbocycles. The van der Waals surface area contributed by atoms with Gasteiger partial charge in [0, 0.05) is 17.2 Å². The van der Waals surface area contributed by atoms with E-state index in [9.17, 15) is 4.79 Å². The van der Waals surface area contributed by atoms with Gasteiger partial charge in [-0.25, -0.2) is 0 Å². The predicted octanol–water partition coefficient (Wildman–Crippen LogP) is 1.45. The van der Waals surface area contributed by atoms with Crippen molar-refractivity contribution in [1.82, 2.24) is 5.32 Å². The van der Waals surface area contributed by atoms with Crippen LogP contribution >= 0.6 is 0 Å². The first-order valence-corrected chi connectivity index (χ1v) is 5.38. The lowest BCUT2D eigenvalue weighted by Gasteiger charge is -2.21. The Labute approximate surface area is 89.7 Å². The van der Waals surface area contributed by atoms with Crippen molar-refractivity contribution in [2.24, 2.45) is 5.92 Å². The van der Waals surface area contributed by atoms with E-state index >= 15 is 0 Å². The number of rotatable bonds is 2. The Morgan fingerprint density at radius 1 is 1.33 bits per heavy atom. The minimum absolute atomic E-state index is 0.174. The Balaban J connectivity index is 2.12. The standard InChI is InChI=1S/C12H16N2O/c13-11-3-1-2-10(8-11)12(15)9-4-6-14-7-5-9/h1-3,8-9,14H,4-7,13H2. The third-order valence-electron chi connectivity index (χ3n) is 2.88. The van der Waals surface area contributed by atoms with Gasteiger partial charge < -0.3 is 11.1 Å². The van der Waals surface area contributed by atoms with Crippen molar-refractivity contribution in [3.8, 4) is 0 Å². The number of carbonyl (C=O) groups is 1. The molecule has 3 nitrogen and oxygen atoms in total. The fraction of sp³-hybridized carbons (Fsp3) is 0.417. The number of nitrogens with two attached hydrogens (primary N) is 1. The topological polar surface area (TPSA) is 55.1 Å². The maximum absolute atomic E-state index is 12.1. The normalized spacial score (nSPS) is 17.6. The lowest BCUT2D eigenvalue weighted by molar-refractivity contribution is 0.0895. The van der Waals surface area contributed by atoms with Crippen molar-refractivity contribution >= 4 is 11.5 Å². The molecule has 0 aromatic heterocycles. The van der Waals surface area contributed by atoms with Gasteiger partial charge in [-0.2, -0.15) is 0 Å². The van der Waals surface area contributed by atoms with E-state index in [-0.39, 0.29) is 11.7 Å². The number of nitrogens with one attached hydrogen (secondary N) is 1. The maximum Gasteiger partial charge on any atom is 0.166 e. The molecule has 0 amide bonds. The molecule has 1 fully saturated rings. The molecule has 0 bridgehead atoms. The third-order valence-corrected chi connectivity index (χ3v) is 2.88. The summed E-state index contributed by atoms with van der Waals surface area (Å²) in [6, 6.07) is 7.26. The van der Waals surface area contributed by atoms with E-state index < -0.39 is 0 Å². The van der Waals surface area contributed by atoms with Crippen LogP contribution in [0.5, 0.6) is 0 Å². The molecule has 15 heavy (non-hydrogen) atoms. The molecule has 0 radical (unpaired) electrons. The van der Waals surface area contributed by atoms with Crippen molar-refractivity contribution in [3.05, 3.63) is 29.8 Å². The number of carbonyl (C=O) groups excluding carboxylic acids is 1. The summed E-state index contributed by atoms with van der Waals surface area (Å²) in [6.45, 7) is 1.89. The van der Waals surface area contributed by atoms with E-state index in [1.165, 1.54) is 0 Å². The summed E-state index contributed by atoms with van der Waals surface area (Å²) in [5, 5.41) is 3.26. The molecule has 2 rings (SSSR count). The van der Waals surface area contributed by atoms with Crippen LogP contribution in [0.1, 0.15) is 23.2 Å². The second kappa shape index (κ2) is 4.45. The third kappa shape index (κ3) is 2.36. The van der Waals surface area contributed by atoms with Crippen LogP contribution in [0.15, 0.2) is 24.3 Å². The van der Waals surface area contributed by atoms with Crippen molar-refractivity contribution in [1.29, 1.82) is 0 Å². The van der Waals surface area contributed by atoms with Crippen molar-refractivity contribution < 1.29 is 4.79 Å². The molecule has 0 aliphatic carbocycles. The molecule has 0 unspecified atom stereocenters. The minimum atomic E-state index is 0.174. The van der Waals surface area contributed by atoms with Gasteiger partial charge in [-0.3, -0.25) is 4.79 Å². The van der Waals surface area contributed by atoms with Gasteiger partial charge >= 0.3 is 0 Å². The van der Waals surface area contributed by atoms with Gasteiger partial charge in [-0.1, -0.05) is 12.1 Å². The highest BCUT2D eigenvalue weighted by Crippen LogP contribution is 2.19. The SMILES string of the molecule is Nc1cccc(C(=O)C2CCNCC2)c1. The van der Waals surface area contributed by atoms with Gasteiger partial charge in [0.1, 0.15) is 0 Å². The van der Waals surface area contributed by atoms with Crippen LogP contribution in [0.4, 0.5) is 5.69 Å². The van der Waals surface area contributed by atoms with Crippen LogP contribution in [0.3, 0.4) is 0 Å². The zero-order valence-corrected chi connectivity index (χ0v) is 8.70. The van der Waals surface area contributed by atoms with E-state index in [4.69, 9.17) is 5.73 Å². The van der Waals surface area contributed by atoms with Crippen LogP contribution in [0.2, 0.25) is 0 Å². The second-order valence-electron chi connectivity index (χ2n) is 4.01. The van der Waals surface area contributed by atoms with Crippen LogP contribution in [-0.2, 0) is 0 Å². The zero-order valence-electron chi connectivity index (χ0n) is 8.70. The molecule has 1 aromatic carbocycles. The Morgan fingerprint density at radius 2 is 2.07 bits per heavy atom. The summed E-state index contributed by atoms with van der Waals surface area (Å²) < 4.78 is 0. The van der Waals surface area contributed by atoms with Gasteiger partial charge in [0.05, 0.1) is 0 Å². The molecule has 1 heterocycles. The predicted molar refractivity (Wildman–Crippen MR) is 60.8 cm³/mol. The molecule has 0 atom stereocenters. The Kier molecular flexibility index (Phi) is 3.02. The van der Waals surface area contributed by atoms with Crippen LogP contribution in [0, 0.1) is 5.92 Å². The van der Waals surface area contributed by atoms with Gasteiger partial charge in [-0.05, 0) is 38.1 Å². The number of piperidine rings is 1. The number of ketones is 1. The van der Waals surface area contributed by atoms with E-state index in [0.29, 0.717) is 5.69 Å². The molecule has 1 aliphatic rings. The highest BCUT2D eigenvalue weighted by atomic mass is 16.1. The highest BCUT2D eigenvalue weighted by molar-refractivity contribution is 5.98. The van der Waals surface area contributed by atoms with Gasteiger partial charge in [0.15, 0.2) is 5.78 Å². The number of hydrogen-bond acceptors (Lipinski definition) is 3. The summed E-state index contributed by atoms with van der Waals surface area (Å²) in [6.07, 6.45) is 1.88. The summed E-state index contributed by atoms with van der Waals surface area (Å²) >= 11 is 0. The summed E-state index contributed by atoms with van der Waals surface area (Å²) in [4.78, 5) is 12.1. The largest absolute Gasteiger partial charge is 0.399 e. The zero-order chi connectivity index (χ0) is 10.7. The van der Waals surface area contributed by atoms with Crippen molar-refractivity contribution in [2.75, 3.05) is 18.8 Å². The van der Waals surface area contributed by atoms with E-state index in [2.05, 4.69) is 5.32 Å². The molecule has 3 heteroatoms.